The highest BCUT2D eigenvalue weighted by Crippen LogP contribution is 2.19. The van der Waals surface area contributed by atoms with E-state index in [9.17, 15) is 14.7 Å². The molecule has 1 atom stereocenters. The summed E-state index contributed by atoms with van der Waals surface area (Å²) < 4.78 is -0.0906. The number of hydrogen-bond donors (Lipinski definition) is 4. The number of nitrogens with one attached hydrogen (secondary N) is 2. The summed E-state index contributed by atoms with van der Waals surface area (Å²) in [6, 6.07) is -0.492. The van der Waals surface area contributed by atoms with Gasteiger partial charge in [-0.1, -0.05) is 0 Å². The van der Waals surface area contributed by atoms with E-state index in [-0.39, 0.29) is 11.3 Å². The lowest BCUT2D eigenvalue weighted by molar-refractivity contribution is -0.155. The number of aliphatic hydroxyl groups is 1. The highest BCUT2D eigenvalue weighted by molar-refractivity contribution is 7.99. The molecule has 6 nitrogen and oxygen atoms in total. The third-order valence-corrected chi connectivity index (χ3v) is 3.53. The fourth-order valence-electron chi connectivity index (χ4n) is 0.756. The summed E-state index contributed by atoms with van der Waals surface area (Å²) in [7, 11) is 0. The minimum Gasteiger partial charge on any atom is -0.479 e. The lowest BCUT2D eigenvalue weighted by atomic mass is 10.1. The number of aliphatic carboxylic acids is 1. The summed E-state index contributed by atoms with van der Waals surface area (Å²) in [6.07, 6.45) is 1.94. The van der Waals surface area contributed by atoms with Crippen molar-refractivity contribution in [2.45, 2.75) is 31.1 Å². The Kier molecular flexibility index (Phi) is 5.77. The molecule has 2 amide bonds. The van der Waals surface area contributed by atoms with Gasteiger partial charge in [-0.25, -0.2) is 9.59 Å². The molecule has 7 heteroatoms. The van der Waals surface area contributed by atoms with E-state index in [1.807, 2.05) is 20.1 Å². The van der Waals surface area contributed by atoms with Crippen LogP contribution in [0.5, 0.6) is 0 Å². The first-order valence-electron chi connectivity index (χ1n) is 5.13. The van der Waals surface area contributed by atoms with Gasteiger partial charge in [-0.2, -0.15) is 11.8 Å². The van der Waals surface area contributed by atoms with Crippen LogP contribution >= 0.6 is 11.8 Å². The number of thioether (sulfide) groups is 1. The zero-order chi connectivity index (χ0) is 13.7. The second kappa shape index (κ2) is 6.11. The van der Waals surface area contributed by atoms with Crippen molar-refractivity contribution in [3.05, 3.63) is 0 Å². The van der Waals surface area contributed by atoms with Gasteiger partial charge in [0, 0.05) is 11.3 Å². The fraction of sp³-hybridized carbons (Fsp3) is 0.800. The van der Waals surface area contributed by atoms with Crippen LogP contribution in [0.15, 0.2) is 0 Å². The third kappa shape index (κ3) is 6.38. The molecule has 0 heterocycles. The topological polar surface area (TPSA) is 98.7 Å². The van der Waals surface area contributed by atoms with Crippen molar-refractivity contribution < 1.29 is 19.8 Å². The van der Waals surface area contributed by atoms with Crippen LogP contribution in [-0.4, -0.2) is 51.9 Å². The second-order valence-electron chi connectivity index (χ2n) is 4.58. The van der Waals surface area contributed by atoms with Crippen molar-refractivity contribution in [3.63, 3.8) is 0 Å². The molecule has 0 aromatic carbocycles. The summed E-state index contributed by atoms with van der Waals surface area (Å²) in [4.78, 5) is 21.9. The van der Waals surface area contributed by atoms with E-state index < -0.39 is 17.6 Å². The van der Waals surface area contributed by atoms with Crippen molar-refractivity contribution in [3.8, 4) is 0 Å². The molecule has 0 aromatic rings. The molecule has 0 fully saturated rings. The van der Waals surface area contributed by atoms with Gasteiger partial charge in [0.25, 0.3) is 0 Å². The molecule has 0 saturated heterocycles. The van der Waals surface area contributed by atoms with Crippen LogP contribution in [0.2, 0.25) is 0 Å². The van der Waals surface area contributed by atoms with Crippen LogP contribution in [-0.2, 0) is 4.79 Å². The van der Waals surface area contributed by atoms with Gasteiger partial charge in [-0.3, -0.25) is 0 Å². The Balaban J connectivity index is 4.01. The van der Waals surface area contributed by atoms with Gasteiger partial charge in [0.2, 0.25) is 0 Å². The average molecular weight is 264 g/mol. The Bertz CT molecular complexity index is 292. The normalized spacial score (nSPS) is 14.9. The molecule has 0 spiro atoms. The van der Waals surface area contributed by atoms with Crippen molar-refractivity contribution in [1.82, 2.24) is 10.6 Å². The Morgan fingerprint density at radius 2 is 1.65 bits per heavy atom. The summed E-state index contributed by atoms with van der Waals surface area (Å²) in [5.74, 6) is -1.37. The van der Waals surface area contributed by atoms with E-state index in [4.69, 9.17) is 5.11 Å². The average Bonchev–Trinajstić information content (AvgIpc) is 2.23. The zero-order valence-corrected chi connectivity index (χ0v) is 11.3. The Labute approximate surface area is 105 Å². The Hall–Kier alpha value is -0.950. The summed E-state index contributed by atoms with van der Waals surface area (Å²) in [6.45, 7) is 5.20. The van der Waals surface area contributed by atoms with Crippen LogP contribution in [0.1, 0.15) is 20.8 Å². The molecule has 100 valence electrons. The van der Waals surface area contributed by atoms with Gasteiger partial charge in [0.1, 0.15) is 0 Å². The Morgan fingerprint density at radius 1 is 1.18 bits per heavy atom. The maximum Gasteiger partial charge on any atom is 0.337 e. The van der Waals surface area contributed by atoms with E-state index in [0.717, 1.165) is 6.92 Å². The molecule has 0 saturated carbocycles. The first-order chi connectivity index (χ1) is 7.60. The van der Waals surface area contributed by atoms with Crippen molar-refractivity contribution >= 4 is 23.8 Å². The highest BCUT2D eigenvalue weighted by atomic mass is 32.2. The standard InChI is InChI=1S/C10H20N2O4S/c1-9(2,17-4)5-11-8(15)12-6-10(3,16)7(13)14/h16H,5-6H2,1-4H3,(H,13,14)(H2,11,12,15). The van der Waals surface area contributed by atoms with Crippen molar-refractivity contribution in [1.29, 1.82) is 0 Å². The number of amides is 2. The maximum atomic E-state index is 11.3. The summed E-state index contributed by atoms with van der Waals surface area (Å²) in [5, 5.41) is 22.9. The van der Waals surface area contributed by atoms with Gasteiger partial charge in [-0.05, 0) is 27.0 Å². The molecule has 4 N–H and O–H groups in total. The predicted octanol–water partition coefficient (Wildman–Crippen LogP) is 0.263. The van der Waals surface area contributed by atoms with Gasteiger partial charge in [0.05, 0.1) is 6.54 Å². The van der Waals surface area contributed by atoms with E-state index in [1.54, 1.807) is 11.8 Å². The first kappa shape index (κ1) is 16.1. The van der Waals surface area contributed by atoms with Gasteiger partial charge in [0.15, 0.2) is 5.60 Å². The predicted molar refractivity (Wildman–Crippen MR) is 67.3 cm³/mol. The highest BCUT2D eigenvalue weighted by Gasteiger charge is 2.30. The monoisotopic (exact) mass is 264 g/mol. The van der Waals surface area contributed by atoms with Gasteiger partial charge >= 0.3 is 12.0 Å². The molecule has 0 bridgehead atoms. The number of carbonyl (C=O) groups excluding carboxylic acids is 1. The minimum atomic E-state index is -1.95. The SMILES string of the molecule is CSC(C)(C)CNC(=O)NCC(C)(O)C(=O)O. The molecule has 0 rings (SSSR count). The van der Waals surface area contributed by atoms with Crippen LogP contribution in [0.25, 0.3) is 0 Å². The largest absolute Gasteiger partial charge is 0.479 e. The molecule has 0 aliphatic rings. The number of rotatable bonds is 6. The number of urea groups is 1. The van der Waals surface area contributed by atoms with Crippen LogP contribution < -0.4 is 10.6 Å². The van der Waals surface area contributed by atoms with Crippen LogP contribution in [0, 0.1) is 0 Å². The molecule has 0 aliphatic carbocycles. The first-order valence-corrected chi connectivity index (χ1v) is 6.36. The van der Waals surface area contributed by atoms with Crippen molar-refractivity contribution in [2.75, 3.05) is 19.3 Å². The minimum absolute atomic E-state index is 0.0906. The quantitative estimate of drug-likeness (QED) is 0.552. The zero-order valence-electron chi connectivity index (χ0n) is 10.5. The van der Waals surface area contributed by atoms with Gasteiger partial charge < -0.3 is 20.8 Å². The molecule has 0 aromatic heterocycles. The number of carboxylic acid groups (broad SMARTS) is 1. The molecule has 0 radical (unpaired) electrons. The molecular formula is C10H20N2O4S. The third-order valence-electron chi connectivity index (χ3n) is 2.28. The smallest absolute Gasteiger partial charge is 0.337 e. The molecular weight excluding hydrogens is 244 g/mol. The van der Waals surface area contributed by atoms with E-state index in [2.05, 4.69) is 10.6 Å². The summed E-state index contributed by atoms with van der Waals surface area (Å²) >= 11 is 1.61. The maximum absolute atomic E-state index is 11.3. The fourth-order valence-corrected chi connectivity index (χ4v) is 0.972. The van der Waals surface area contributed by atoms with Crippen molar-refractivity contribution in [2.24, 2.45) is 0 Å². The van der Waals surface area contributed by atoms with E-state index >= 15 is 0 Å². The van der Waals surface area contributed by atoms with E-state index in [0.29, 0.717) is 6.54 Å². The molecule has 1 unspecified atom stereocenters. The van der Waals surface area contributed by atoms with Crippen LogP contribution in [0.3, 0.4) is 0 Å². The van der Waals surface area contributed by atoms with Gasteiger partial charge in [-0.15, -0.1) is 0 Å². The lowest BCUT2D eigenvalue weighted by Gasteiger charge is -2.23. The lowest BCUT2D eigenvalue weighted by Crippen LogP contribution is -2.50. The second-order valence-corrected chi connectivity index (χ2v) is 6.09. The molecule has 0 aliphatic heterocycles. The summed E-state index contributed by atoms with van der Waals surface area (Å²) in [5.41, 5.74) is -1.95. The van der Waals surface area contributed by atoms with E-state index in [1.165, 1.54) is 0 Å². The number of carboxylic acids is 1. The number of hydrogen-bond acceptors (Lipinski definition) is 4. The Morgan fingerprint density at radius 3 is 2.06 bits per heavy atom. The molecule has 17 heavy (non-hydrogen) atoms. The van der Waals surface area contributed by atoms with Crippen LogP contribution in [0.4, 0.5) is 4.79 Å². The number of carbonyl (C=O) groups is 2.